The SMILES string of the molecule is CC(C)(OC(=O)N(CCc1ccccc1)C(=O)OC(C)(C)C1CCCCC1)C1CCCCC1.CCC(C)(C)OC(=O)N(CCc1ccccc1)C(=O)OC(C)(C)CC.CCC(CC)(CC)OC(=O)CCCc1ccccc1.CCC1(OC(=O)N(CCc2ccccc2)C(=O)OC2(CC)CCCCC2)CCCCC1.COc1ccc(COC(=O)CCCc2ccccc2)cc1. The monoisotopic (exact) mass is 1780 g/mol. The summed E-state index contributed by atoms with van der Waals surface area (Å²) in [5.74, 6) is 1.23. The lowest BCUT2D eigenvalue weighted by molar-refractivity contribution is -0.161. The van der Waals surface area contributed by atoms with Crippen LogP contribution in [0.4, 0.5) is 28.8 Å². The number of amides is 6. The lowest BCUT2D eigenvalue weighted by atomic mass is 9.79. The largest absolute Gasteiger partial charge is 0.497 e. The van der Waals surface area contributed by atoms with Crippen LogP contribution in [0.3, 0.4) is 0 Å². The summed E-state index contributed by atoms with van der Waals surface area (Å²) in [4.78, 5) is 105. The summed E-state index contributed by atoms with van der Waals surface area (Å²) in [7, 11) is 1.63. The fourth-order valence-electron chi connectivity index (χ4n) is 16.8. The number of benzene rings is 6. The Kier molecular flexibility index (Phi) is 47.0. The van der Waals surface area contributed by atoms with Crippen molar-refractivity contribution in [3.8, 4) is 5.75 Å². The van der Waals surface area contributed by atoms with Crippen molar-refractivity contribution in [3.63, 3.8) is 0 Å². The third-order valence-electron chi connectivity index (χ3n) is 26.7. The lowest BCUT2D eigenvalue weighted by Gasteiger charge is -2.39. The average molecular weight is 1780 g/mol. The lowest BCUT2D eigenvalue weighted by Crippen LogP contribution is -2.48. The molecule has 6 aromatic rings. The molecule has 0 unspecified atom stereocenters. The van der Waals surface area contributed by atoms with E-state index in [0.717, 1.165) is 168 Å². The molecule has 4 aliphatic rings. The molecule has 20 nitrogen and oxygen atoms in total. The Labute approximate surface area is 774 Å². The van der Waals surface area contributed by atoms with Crippen LogP contribution in [0.2, 0.25) is 0 Å². The molecule has 0 aliphatic heterocycles. The van der Waals surface area contributed by atoms with Gasteiger partial charge in [0.1, 0.15) is 51.6 Å². The van der Waals surface area contributed by atoms with Crippen molar-refractivity contribution in [1.29, 1.82) is 0 Å². The van der Waals surface area contributed by atoms with Gasteiger partial charge in [-0.2, -0.15) is 0 Å². The second kappa shape index (κ2) is 56.1. The summed E-state index contributed by atoms with van der Waals surface area (Å²) < 4.78 is 51.1. The van der Waals surface area contributed by atoms with Crippen LogP contribution < -0.4 is 4.74 Å². The molecule has 0 spiro atoms. The third-order valence-corrected chi connectivity index (χ3v) is 26.7. The molecule has 4 fully saturated rings. The molecule has 4 saturated carbocycles. The maximum Gasteiger partial charge on any atom is 0.419 e. The minimum atomic E-state index is -0.667. The molecule has 0 N–H and O–H groups in total. The topological polar surface area (TPSA) is 229 Å². The van der Waals surface area contributed by atoms with Crippen molar-refractivity contribution in [3.05, 3.63) is 209 Å². The molecule has 0 aromatic heterocycles. The number of hydrogen-bond donors (Lipinski definition) is 0. The molecule has 10 rings (SSSR count). The fourth-order valence-corrected chi connectivity index (χ4v) is 16.8. The van der Waals surface area contributed by atoms with Crippen molar-refractivity contribution in [2.75, 3.05) is 26.7 Å². The number of carbonyl (C=O) groups is 8. The first-order chi connectivity index (χ1) is 61.7. The number of methoxy groups -OCH3 is 1. The van der Waals surface area contributed by atoms with E-state index < -0.39 is 70.2 Å². The molecule has 0 saturated heterocycles. The zero-order chi connectivity index (χ0) is 94.2. The van der Waals surface area contributed by atoms with Crippen LogP contribution in [-0.4, -0.2) is 129 Å². The van der Waals surface area contributed by atoms with E-state index >= 15 is 0 Å². The smallest absolute Gasteiger partial charge is 0.419 e. The highest BCUT2D eigenvalue weighted by atomic mass is 16.6. The van der Waals surface area contributed by atoms with Gasteiger partial charge >= 0.3 is 48.5 Å². The van der Waals surface area contributed by atoms with E-state index in [1.165, 1.54) is 72.3 Å². The fraction of sp³-hybridized carbons (Fsp3) is 0.596. The summed E-state index contributed by atoms with van der Waals surface area (Å²) in [5.41, 5.74) is 3.05. The summed E-state index contributed by atoms with van der Waals surface area (Å²) >= 11 is 0. The van der Waals surface area contributed by atoms with Gasteiger partial charge in [0.05, 0.1) is 7.11 Å². The minimum absolute atomic E-state index is 0.0542. The number of carbonyl (C=O) groups excluding carboxylic acids is 8. The van der Waals surface area contributed by atoms with E-state index in [4.69, 9.17) is 42.6 Å². The Morgan fingerprint density at radius 1 is 0.326 bits per heavy atom. The second-order valence-electron chi connectivity index (χ2n) is 37.6. The van der Waals surface area contributed by atoms with Crippen LogP contribution >= 0.6 is 0 Å². The molecule has 0 radical (unpaired) electrons. The Hall–Kier alpha value is -9.72. The molecule has 0 atom stereocenters. The number of nitrogens with zero attached hydrogens (tertiary/aromatic N) is 3. The van der Waals surface area contributed by atoms with Gasteiger partial charge in [-0.05, 0) is 280 Å². The van der Waals surface area contributed by atoms with Gasteiger partial charge in [-0.3, -0.25) is 9.59 Å². The average Bonchev–Trinajstić information content (AvgIpc) is 0.822. The Bertz CT molecular complexity index is 4060. The minimum Gasteiger partial charge on any atom is -0.497 e. The molecular weight excluding hydrogens is 1620 g/mol. The molecule has 4 aliphatic carbocycles. The van der Waals surface area contributed by atoms with Gasteiger partial charge in [0.15, 0.2) is 0 Å². The van der Waals surface area contributed by atoms with E-state index in [9.17, 15) is 38.4 Å². The highest BCUT2D eigenvalue weighted by Crippen LogP contribution is 2.40. The van der Waals surface area contributed by atoms with Crippen molar-refractivity contribution >= 4 is 48.5 Å². The third kappa shape index (κ3) is 39.1. The van der Waals surface area contributed by atoms with Gasteiger partial charge in [0.2, 0.25) is 0 Å². The molecule has 129 heavy (non-hydrogen) atoms. The Balaban J connectivity index is 0.000000252. The summed E-state index contributed by atoms with van der Waals surface area (Å²) in [6, 6.07) is 57.5. The quantitative estimate of drug-likeness (QED) is 0.0263. The van der Waals surface area contributed by atoms with Crippen LogP contribution in [0.5, 0.6) is 5.75 Å². The first kappa shape index (κ1) is 108. The van der Waals surface area contributed by atoms with E-state index in [1.807, 2.05) is 221 Å². The molecule has 20 heteroatoms. The first-order valence-corrected chi connectivity index (χ1v) is 48.6. The standard InChI is InChI=1S/C28H43NO4.C26H39NO4.C20H31NO4.C18H20O3.C17H26O2/c1-27(2,23-16-10-6-11-17-23)32-25(30)29(21-20-22-14-8-5-9-15-22)26(31)33-28(3,4)24-18-12-7-13-19-24;1-3-25(17-10-6-11-18-25)30-23(28)27(21-16-22-14-8-5-9-15-22)24(29)31-26(4-2)19-12-7-13-20-26;1-7-19(3,4)24-17(22)21(18(23)25-20(5,6)8-2)15-14-16-12-10-9-11-13-16;1-20-17-12-10-16(11-13-17)14-21-18(19)9-5-8-15-6-3-2-4-7-15;1-4-17(5-2,6-3)19-16(18)14-10-13-15-11-8-7-9-12-15/h5,8-9,14-15,23-24H,6-7,10-13,16-21H2,1-4H3;5,8-9,14-15H,3-4,6-7,10-13,16-21H2,1-2H3;9-13H,7-8,14-15H2,1-6H3;2-4,6-7,10-13H,5,8-9,14H2,1H3;7-9,11-12H,4-6,10,13-14H2,1-3H3. The molecule has 712 valence electrons. The van der Waals surface area contributed by atoms with Crippen molar-refractivity contribution in [1.82, 2.24) is 14.7 Å². The van der Waals surface area contributed by atoms with Gasteiger partial charge in [-0.15, -0.1) is 0 Å². The van der Waals surface area contributed by atoms with Crippen LogP contribution in [-0.2, 0) is 86.2 Å². The number of aryl methyl sites for hydroxylation is 2. The van der Waals surface area contributed by atoms with E-state index in [1.54, 1.807) is 7.11 Å². The summed E-state index contributed by atoms with van der Waals surface area (Å²) in [5, 5.41) is 0. The Morgan fingerprint density at radius 2 is 0.620 bits per heavy atom. The van der Waals surface area contributed by atoms with Crippen molar-refractivity contribution in [2.45, 2.75) is 381 Å². The zero-order valence-electron chi connectivity index (χ0n) is 81.5. The predicted molar refractivity (Wildman–Crippen MR) is 513 cm³/mol. The van der Waals surface area contributed by atoms with Gasteiger partial charge < -0.3 is 42.6 Å². The Morgan fingerprint density at radius 3 is 0.922 bits per heavy atom. The van der Waals surface area contributed by atoms with Gasteiger partial charge in [-0.25, -0.2) is 43.5 Å². The van der Waals surface area contributed by atoms with Crippen LogP contribution in [0, 0.1) is 11.8 Å². The second-order valence-corrected chi connectivity index (χ2v) is 37.6. The number of esters is 2. The molecule has 0 bridgehead atoms. The van der Waals surface area contributed by atoms with Gasteiger partial charge in [0, 0.05) is 32.5 Å². The summed E-state index contributed by atoms with van der Waals surface area (Å²) in [6.45, 7) is 30.5. The van der Waals surface area contributed by atoms with Crippen molar-refractivity contribution < 1.29 is 81.0 Å². The maximum atomic E-state index is 13.3. The van der Waals surface area contributed by atoms with Gasteiger partial charge in [0.25, 0.3) is 0 Å². The molecule has 6 amide bonds. The number of imide groups is 3. The van der Waals surface area contributed by atoms with Crippen LogP contribution in [0.25, 0.3) is 0 Å². The highest BCUT2D eigenvalue weighted by molar-refractivity contribution is 5.89. The van der Waals surface area contributed by atoms with E-state index in [0.29, 0.717) is 63.4 Å². The predicted octanol–water partition coefficient (Wildman–Crippen LogP) is 28.0. The molecule has 6 aromatic carbocycles. The normalized spacial score (nSPS) is 15.1. The summed E-state index contributed by atoms with van der Waals surface area (Å²) in [6.07, 6.45) is 29.6. The molecule has 0 heterocycles. The van der Waals surface area contributed by atoms with Crippen LogP contribution in [0.1, 0.15) is 336 Å². The highest BCUT2D eigenvalue weighted by Gasteiger charge is 2.44. The number of rotatable bonds is 36. The van der Waals surface area contributed by atoms with Crippen LogP contribution in [0.15, 0.2) is 176 Å². The van der Waals surface area contributed by atoms with Gasteiger partial charge in [-0.1, -0.05) is 264 Å². The maximum absolute atomic E-state index is 13.3. The first-order valence-electron chi connectivity index (χ1n) is 48.6. The number of ether oxygens (including phenoxy) is 9. The molecular formula is C109H159N3O17. The van der Waals surface area contributed by atoms with Crippen molar-refractivity contribution in [2.24, 2.45) is 11.8 Å². The number of hydrogen-bond acceptors (Lipinski definition) is 17. The zero-order valence-corrected chi connectivity index (χ0v) is 81.5. The van der Waals surface area contributed by atoms with E-state index in [2.05, 4.69) is 58.9 Å². The van der Waals surface area contributed by atoms with E-state index in [-0.39, 0.29) is 37.2 Å².